The Morgan fingerprint density at radius 2 is 1.90 bits per heavy atom. The van der Waals surface area contributed by atoms with Gasteiger partial charge in [-0.2, -0.15) is 13.2 Å². The molecule has 0 spiro atoms. The van der Waals surface area contributed by atoms with Crippen LogP contribution in [0.4, 0.5) is 13.2 Å². The molecular formula is C18H18F3N5O2S2. The first kappa shape index (κ1) is 22.2. The molecule has 3 rings (SSSR count). The summed E-state index contributed by atoms with van der Waals surface area (Å²) in [6.07, 6.45) is -1.17. The average molecular weight is 458 g/mol. The summed E-state index contributed by atoms with van der Waals surface area (Å²) in [4.78, 5) is 3.24. The van der Waals surface area contributed by atoms with Crippen LogP contribution in [0.3, 0.4) is 0 Å². The topological polar surface area (TPSA) is 89.8 Å². The lowest BCUT2D eigenvalue weighted by Gasteiger charge is -2.13. The first-order valence-electron chi connectivity index (χ1n) is 8.74. The number of alkyl halides is 3. The smallest absolute Gasteiger partial charge is 0.309 e. The Morgan fingerprint density at radius 3 is 2.60 bits per heavy atom. The van der Waals surface area contributed by atoms with Gasteiger partial charge in [-0.25, -0.2) is 13.1 Å². The number of halogens is 3. The van der Waals surface area contributed by atoms with E-state index in [1.54, 1.807) is 24.0 Å². The molecule has 2 heterocycles. The van der Waals surface area contributed by atoms with Gasteiger partial charge in [-0.05, 0) is 23.8 Å². The normalized spacial score (nSPS) is 12.3. The van der Waals surface area contributed by atoms with E-state index in [0.29, 0.717) is 16.7 Å². The molecule has 0 aliphatic heterocycles. The van der Waals surface area contributed by atoms with Crippen LogP contribution >= 0.6 is 11.8 Å². The molecule has 0 saturated heterocycles. The number of sulfonamides is 1. The van der Waals surface area contributed by atoms with E-state index in [-0.39, 0.29) is 13.0 Å². The molecule has 2 aromatic heterocycles. The van der Waals surface area contributed by atoms with Gasteiger partial charge in [0.25, 0.3) is 0 Å². The van der Waals surface area contributed by atoms with Crippen LogP contribution in [0.25, 0.3) is 0 Å². The first-order chi connectivity index (χ1) is 14.2. The number of hydrogen-bond acceptors (Lipinski definition) is 6. The SMILES string of the molecule is Cn1c(CCNS(=O)(=O)c2ccccc2C(F)(F)F)nnc1SCc1cccnc1. The zero-order valence-corrected chi connectivity index (χ0v) is 17.4. The minimum Gasteiger partial charge on any atom is -0.309 e. The fourth-order valence-electron chi connectivity index (χ4n) is 2.63. The largest absolute Gasteiger partial charge is 0.417 e. The summed E-state index contributed by atoms with van der Waals surface area (Å²) in [5, 5.41) is 8.76. The van der Waals surface area contributed by atoms with Crippen molar-refractivity contribution in [2.45, 2.75) is 28.4 Å². The monoisotopic (exact) mass is 457 g/mol. The maximum Gasteiger partial charge on any atom is 0.417 e. The summed E-state index contributed by atoms with van der Waals surface area (Å²) in [5.74, 6) is 1.15. The third-order valence-corrected chi connectivity index (χ3v) is 6.75. The molecule has 0 atom stereocenters. The second-order valence-electron chi connectivity index (χ2n) is 6.25. The highest BCUT2D eigenvalue weighted by molar-refractivity contribution is 7.98. The fourth-order valence-corrected chi connectivity index (χ4v) is 4.75. The molecule has 0 radical (unpaired) electrons. The Kier molecular flexibility index (Phi) is 6.78. The van der Waals surface area contributed by atoms with Gasteiger partial charge in [0.15, 0.2) is 5.16 Å². The van der Waals surface area contributed by atoms with Crippen LogP contribution in [0.2, 0.25) is 0 Å². The first-order valence-corrected chi connectivity index (χ1v) is 11.2. The van der Waals surface area contributed by atoms with E-state index >= 15 is 0 Å². The highest BCUT2D eigenvalue weighted by Gasteiger charge is 2.36. The van der Waals surface area contributed by atoms with Gasteiger partial charge in [-0.1, -0.05) is 30.0 Å². The Balaban J connectivity index is 1.62. The molecule has 0 aliphatic carbocycles. The molecule has 1 aromatic carbocycles. The van der Waals surface area contributed by atoms with Crippen LogP contribution in [0.1, 0.15) is 17.0 Å². The van der Waals surface area contributed by atoms with E-state index in [4.69, 9.17) is 0 Å². The van der Waals surface area contributed by atoms with Gasteiger partial charge in [0, 0.05) is 38.2 Å². The molecule has 0 saturated carbocycles. The number of pyridine rings is 1. The number of nitrogens with zero attached hydrogens (tertiary/aromatic N) is 4. The lowest BCUT2D eigenvalue weighted by atomic mass is 10.2. The van der Waals surface area contributed by atoms with Crippen molar-refractivity contribution < 1.29 is 21.6 Å². The van der Waals surface area contributed by atoms with Gasteiger partial charge in [0.05, 0.1) is 10.5 Å². The minimum atomic E-state index is -4.77. The Morgan fingerprint density at radius 1 is 1.13 bits per heavy atom. The average Bonchev–Trinajstić information content (AvgIpc) is 3.06. The lowest BCUT2D eigenvalue weighted by molar-refractivity contribution is -0.139. The highest BCUT2D eigenvalue weighted by atomic mass is 32.2. The standard InChI is InChI=1S/C18H18F3N5O2S2/c1-26-16(24-25-17(26)29-12-13-5-4-9-22-11-13)8-10-23-30(27,28)15-7-3-2-6-14(15)18(19,20)21/h2-7,9,11,23H,8,10,12H2,1H3. The number of nitrogens with one attached hydrogen (secondary N) is 1. The van der Waals surface area contributed by atoms with Gasteiger partial charge in [0.1, 0.15) is 5.82 Å². The summed E-state index contributed by atoms with van der Waals surface area (Å²) in [5.41, 5.74) is -0.187. The van der Waals surface area contributed by atoms with Crippen LogP contribution in [-0.4, -0.2) is 34.7 Å². The van der Waals surface area contributed by atoms with Crippen molar-refractivity contribution in [3.05, 3.63) is 65.7 Å². The zero-order valence-electron chi connectivity index (χ0n) is 15.8. The van der Waals surface area contributed by atoms with Crippen molar-refractivity contribution in [2.75, 3.05) is 6.54 Å². The van der Waals surface area contributed by atoms with E-state index in [0.717, 1.165) is 23.8 Å². The summed E-state index contributed by atoms with van der Waals surface area (Å²) in [6.45, 7) is -0.117. The number of aromatic nitrogens is 4. The summed E-state index contributed by atoms with van der Waals surface area (Å²) in [7, 11) is -2.59. The number of benzene rings is 1. The van der Waals surface area contributed by atoms with Crippen molar-refractivity contribution in [3.8, 4) is 0 Å². The number of hydrogen-bond donors (Lipinski definition) is 1. The molecule has 7 nitrogen and oxygen atoms in total. The number of rotatable bonds is 8. The Bertz CT molecular complexity index is 1100. The van der Waals surface area contributed by atoms with Crippen LogP contribution in [0, 0.1) is 0 Å². The Labute approximate surface area is 175 Å². The van der Waals surface area contributed by atoms with Crippen molar-refractivity contribution in [1.29, 1.82) is 0 Å². The molecule has 0 aliphatic rings. The molecule has 160 valence electrons. The minimum absolute atomic E-state index is 0.117. The van der Waals surface area contributed by atoms with Crippen LogP contribution in [0.5, 0.6) is 0 Å². The maximum atomic E-state index is 13.1. The van der Waals surface area contributed by atoms with Gasteiger partial charge < -0.3 is 4.57 Å². The maximum absolute atomic E-state index is 13.1. The van der Waals surface area contributed by atoms with Crippen LogP contribution in [-0.2, 0) is 35.4 Å². The van der Waals surface area contributed by atoms with Crippen molar-refractivity contribution >= 4 is 21.8 Å². The van der Waals surface area contributed by atoms with Gasteiger partial charge >= 0.3 is 6.18 Å². The summed E-state index contributed by atoms with van der Waals surface area (Å²) >= 11 is 1.45. The molecule has 0 unspecified atom stereocenters. The molecule has 0 bridgehead atoms. The molecular weight excluding hydrogens is 439 g/mol. The Hall–Kier alpha value is -2.44. The van der Waals surface area contributed by atoms with Crippen LogP contribution < -0.4 is 4.72 Å². The summed E-state index contributed by atoms with van der Waals surface area (Å²) in [6, 6.07) is 7.83. The molecule has 1 N–H and O–H groups in total. The van der Waals surface area contributed by atoms with Gasteiger partial charge in [0.2, 0.25) is 10.0 Å². The van der Waals surface area contributed by atoms with Crippen molar-refractivity contribution in [3.63, 3.8) is 0 Å². The van der Waals surface area contributed by atoms with Crippen molar-refractivity contribution in [2.24, 2.45) is 7.05 Å². The van der Waals surface area contributed by atoms with Crippen molar-refractivity contribution in [1.82, 2.24) is 24.5 Å². The highest BCUT2D eigenvalue weighted by Crippen LogP contribution is 2.33. The van der Waals surface area contributed by atoms with Gasteiger partial charge in [-0.3, -0.25) is 4.98 Å². The van der Waals surface area contributed by atoms with Crippen LogP contribution in [0.15, 0.2) is 58.8 Å². The number of thioether (sulfide) groups is 1. The molecule has 0 amide bonds. The molecule has 12 heteroatoms. The fraction of sp³-hybridized carbons (Fsp3) is 0.278. The second kappa shape index (κ2) is 9.14. The molecule has 3 aromatic rings. The van der Waals surface area contributed by atoms with E-state index in [2.05, 4.69) is 19.9 Å². The molecule has 0 fully saturated rings. The van der Waals surface area contributed by atoms with Gasteiger partial charge in [-0.15, -0.1) is 10.2 Å². The van der Waals surface area contributed by atoms with E-state index < -0.39 is 26.7 Å². The zero-order chi connectivity index (χ0) is 21.8. The third kappa shape index (κ3) is 5.37. The third-order valence-electron chi connectivity index (χ3n) is 4.14. The quantitative estimate of drug-likeness (QED) is 0.523. The van der Waals surface area contributed by atoms with E-state index in [1.165, 1.54) is 17.8 Å². The van der Waals surface area contributed by atoms with E-state index in [1.807, 2.05) is 12.1 Å². The lowest BCUT2D eigenvalue weighted by Crippen LogP contribution is -2.28. The van der Waals surface area contributed by atoms with E-state index in [9.17, 15) is 21.6 Å². The molecule has 30 heavy (non-hydrogen) atoms. The second-order valence-corrected chi connectivity index (χ2v) is 8.93. The predicted molar refractivity (Wildman–Crippen MR) is 105 cm³/mol. The predicted octanol–water partition coefficient (Wildman–Crippen LogP) is 3.04. The summed E-state index contributed by atoms with van der Waals surface area (Å²) < 4.78 is 68.0.